The second-order valence-corrected chi connectivity index (χ2v) is 2.88. The van der Waals surface area contributed by atoms with Crippen molar-refractivity contribution in [2.75, 3.05) is 7.05 Å². The molecule has 2 aliphatic heterocycles. The number of hydrogen-bond acceptors (Lipinski definition) is 3. The largest absolute Gasteiger partial charge is 0.382 e. The molecule has 0 bridgehead atoms. The highest BCUT2D eigenvalue weighted by Crippen LogP contribution is 2.29. The highest BCUT2D eigenvalue weighted by molar-refractivity contribution is 5.63. The number of nitrogens with zero attached hydrogens (tertiary/aromatic N) is 2. The topological polar surface area (TPSA) is 41.6 Å². The molecule has 1 unspecified atom stereocenters. The van der Waals surface area contributed by atoms with E-state index in [2.05, 4.69) is 11.1 Å². The summed E-state index contributed by atoms with van der Waals surface area (Å²) in [5.41, 5.74) is 6.86. The Hall–Kier alpha value is -1.25. The van der Waals surface area contributed by atoms with Crippen molar-refractivity contribution in [3.63, 3.8) is 0 Å². The van der Waals surface area contributed by atoms with Gasteiger partial charge in [0.15, 0.2) is 0 Å². The van der Waals surface area contributed by atoms with E-state index in [1.54, 1.807) is 0 Å². The predicted octanol–water partition coefficient (Wildman–Crippen LogP) is 0.664. The predicted molar refractivity (Wildman–Crippen MR) is 44.7 cm³/mol. The van der Waals surface area contributed by atoms with Gasteiger partial charge in [-0.15, -0.1) is 0 Å². The van der Waals surface area contributed by atoms with Crippen LogP contribution >= 0.6 is 0 Å². The lowest BCUT2D eigenvalue weighted by Gasteiger charge is -2.20. The van der Waals surface area contributed by atoms with E-state index in [1.807, 2.05) is 24.4 Å². The van der Waals surface area contributed by atoms with Gasteiger partial charge in [0.2, 0.25) is 0 Å². The summed E-state index contributed by atoms with van der Waals surface area (Å²) in [5, 5.41) is 0. The number of aliphatic imine (C=N–C) groups is 1. The Morgan fingerprint density at radius 2 is 2.55 bits per heavy atom. The first-order valence-electron chi connectivity index (χ1n) is 3.72. The molecule has 2 N–H and O–H groups in total. The van der Waals surface area contributed by atoms with Crippen LogP contribution in [-0.4, -0.2) is 18.2 Å². The summed E-state index contributed by atoms with van der Waals surface area (Å²) in [7, 11) is 2.00. The maximum absolute atomic E-state index is 5.71. The minimum atomic E-state index is 0.470. The van der Waals surface area contributed by atoms with Crippen molar-refractivity contribution in [1.29, 1.82) is 0 Å². The molecular formula is C8H11N3. The molecule has 2 rings (SSSR count). The standard InChI is InChI=1S/C8H11N3/c1-11-5-3-6-2-4-10-8(9)7(6)11/h3-6H,2,9H2,1H3. The van der Waals surface area contributed by atoms with Crippen LogP contribution in [-0.2, 0) is 0 Å². The molecular weight excluding hydrogens is 138 g/mol. The zero-order valence-corrected chi connectivity index (χ0v) is 6.49. The van der Waals surface area contributed by atoms with Gasteiger partial charge in [0, 0.05) is 25.4 Å². The average molecular weight is 149 g/mol. The van der Waals surface area contributed by atoms with Gasteiger partial charge in [-0.1, -0.05) is 6.08 Å². The van der Waals surface area contributed by atoms with E-state index in [4.69, 9.17) is 5.73 Å². The molecule has 0 saturated heterocycles. The van der Waals surface area contributed by atoms with Gasteiger partial charge in [0.1, 0.15) is 5.82 Å². The van der Waals surface area contributed by atoms with Crippen LogP contribution in [0.4, 0.5) is 0 Å². The lowest BCUT2D eigenvalue weighted by atomic mass is 10.0. The second-order valence-electron chi connectivity index (χ2n) is 2.88. The average Bonchev–Trinajstić information content (AvgIpc) is 2.34. The molecule has 1 atom stereocenters. The lowest BCUT2D eigenvalue weighted by Crippen LogP contribution is -2.19. The third-order valence-electron chi connectivity index (χ3n) is 2.13. The van der Waals surface area contributed by atoms with Crippen LogP contribution < -0.4 is 5.73 Å². The van der Waals surface area contributed by atoms with E-state index < -0.39 is 0 Å². The molecule has 0 radical (unpaired) electrons. The van der Waals surface area contributed by atoms with Crippen LogP contribution in [0.5, 0.6) is 0 Å². The number of allylic oxidation sites excluding steroid dienone is 1. The van der Waals surface area contributed by atoms with Crippen molar-refractivity contribution >= 4 is 6.21 Å². The second kappa shape index (κ2) is 2.12. The summed E-state index contributed by atoms with van der Waals surface area (Å²) in [6.07, 6.45) is 7.07. The van der Waals surface area contributed by atoms with Crippen molar-refractivity contribution in [3.05, 3.63) is 23.8 Å². The third kappa shape index (κ3) is 0.843. The fourth-order valence-electron chi connectivity index (χ4n) is 1.56. The molecule has 0 aliphatic carbocycles. The Kier molecular flexibility index (Phi) is 1.24. The van der Waals surface area contributed by atoms with E-state index >= 15 is 0 Å². The number of hydrogen-bond donors (Lipinski definition) is 1. The third-order valence-corrected chi connectivity index (χ3v) is 2.13. The van der Waals surface area contributed by atoms with Gasteiger partial charge in [-0.2, -0.15) is 0 Å². The first-order valence-corrected chi connectivity index (χ1v) is 3.72. The zero-order valence-electron chi connectivity index (χ0n) is 6.49. The molecule has 58 valence electrons. The summed E-state index contributed by atoms with van der Waals surface area (Å²) in [5.74, 6) is 1.13. The van der Waals surface area contributed by atoms with Crippen LogP contribution in [0.15, 0.2) is 28.8 Å². The first-order chi connectivity index (χ1) is 5.29. The molecule has 0 amide bonds. The van der Waals surface area contributed by atoms with E-state index in [-0.39, 0.29) is 0 Å². The number of fused-ring (bicyclic) bond motifs is 1. The fourth-order valence-corrected chi connectivity index (χ4v) is 1.56. The summed E-state index contributed by atoms with van der Waals surface area (Å²) in [6, 6.07) is 0. The maximum atomic E-state index is 5.71. The van der Waals surface area contributed by atoms with Crippen molar-refractivity contribution in [2.24, 2.45) is 16.6 Å². The van der Waals surface area contributed by atoms with Crippen molar-refractivity contribution < 1.29 is 0 Å². The van der Waals surface area contributed by atoms with Gasteiger partial charge < -0.3 is 10.6 Å². The Labute approximate surface area is 65.9 Å². The van der Waals surface area contributed by atoms with Gasteiger partial charge in [-0.05, 0) is 6.42 Å². The van der Waals surface area contributed by atoms with Gasteiger partial charge in [0.25, 0.3) is 0 Å². The van der Waals surface area contributed by atoms with Crippen LogP contribution in [0.3, 0.4) is 0 Å². The molecule has 0 fully saturated rings. The molecule has 0 aromatic carbocycles. The summed E-state index contributed by atoms with van der Waals surface area (Å²) >= 11 is 0. The molecule has 3 nitrogen and oxygen atoms in total. The molecule has 2 aliphatic rings. The van der Waals surface area contributed by atoms with Gasteiger partial charge >= 0.3 is 0 Å². The molecule has 0 spiro atoms. The Bertz CT molecular complexity index is 263. The minimum Gasteiger partial charge on any atom is -0.382 e. The SMILES string of the molecule is CN1C=CC2CC=NC(N)=C21. The highest BCUT2D eigenvalue weighted by atomic mass is 15.1. The van der Waals surface area contributed by atoms with E-state index in [1.165, 1.54) is 0 Å². The van der Waals surface area contributed by atoms with Crippen molar-refractivity contribution in [2.45, 2.75) is 6.42 Å². The monoisotopic (exact) mass is 149 g/mol. The minimum absolute atomic E-state index is 0.470. The molecule has 3 heteroatoms. The smallest absolute Gasteiger partial charge is 0.143 e. The molecule has 2 heterocycles. The normalized spacial score (nSPS) is 28.1. The Balaban J connectivity index is 2.41. The maximum Gasteiger partial charge on any atom is 0.143 e. The van der Waals surface area contributed by atoms with Crippen LogP contribution in [0.1, 0.15) is 6.42 Å². The summed E-state index contributed by atoms with van der Waals surface area (Å²) in [4.78, 5) is 6.11. The highest BCUT2D eigenvalue weighted by Gasteiger charge is 2.24. The van der Waals surface area contributed by atoms with Gasteiger partial charge in [-0.3, -0.25) is 0 Å². The number of rotatable bonds is 0. The van der Waals surface area contributed by atoms with Crippen LogP contribution in [0.25, 0.3) is 0 Å². The quantitative estimate of drug-likeness (QED) is 0.550. The first kappa shape index (κ1) is 6.46. The number of nitrogens with two attached hydrogens (primary N) is 1. The Morgan fingerprint density at radius 1 is 1.73 bits per heavy atom. The summed E-state index contributed by atoms with van der Waals surface area (Å²) in [6.45, 7) is 0. The molecule has 0 aromatic heterocycles. The van der Waals surface area contributed by atoms with Gasteiger partial charge in [0.05, 0.1) is 5.70 Å². The Morgan fingerprint density at radius 3 is 3.27 bits per heavy atom. The van der Waals surface area contributed by atoms with Crippen molar-refractivity contribution in [3.8, 4) is 0 Å². The zero-order chi connectivity index (χ0) is 7.84. The van der Waals surface area contributed by atoms with E-state index in [0.29, 0.717) is 11.7 Å². The molecule has 0 aromatic rings. The van der Waals surface area contributed by atoms with Crippen molar-refractivity contribution in [1.82, 2.24) is 4.90 Å². The fraction of sp³-hybridized carbons (Fsp3) is 0.375. The molecule has 0 saturated carbocycles. The lowest BCUT2D eigenvalue weighted by molar-refractivity contribution is 0.526. The summed E-state index contributed by atoms with van der Waals surface area (Å²) < 4.78 is 0. The van der Waals surface area contributed by atoms with Gasteiger partial charge in [-0.25, -0.2) is 4.99 Å². The van der Waals surface area contributed by atoms with E-state index in [0.717, 1.165) is 12.1 Å². The van der Waals surface area contributed by atoms with E-state index in [9.17, 15) is 0 Å². The molecule has 11 heavy (non-hydrogen) atoms. The van der Waals surface area contributed by atoms with Crippen LogP contribution in [0, 0.1) is 5.92 Å². The van der Waals surface area contributed by atoms with Crippen LogP contribution in [0.2, 0.25) is 0 Å².